The van der Waals surface area contributed by atoms with Gasteiger partial charge in [0.25, 0.3) is 0 Å². The molecule has 0 radical (unpaired) electrons. The van der Waals surface area contributed by atoms with E-state index in [1.54, 1.807) is 11.8 Å². The molecule has 0 spiro atoms. The number of hydrogen-bond donors (Lipinski definition) is 1. The zero-order valence-electron chi connectivity index (χ0n) is 12.5. The van der Waals surface area contributed by atoms with Gasteiger partial charge < -0.3 is 10.1 Å². The summed E-state index contributed by atoms with van der Waals surface area (Å²) in [5.41, 5.74) is 0.353. The van der Waals surface area contributed by atoms with Crippen LogP contribution in [0.1, 0.15) is 6.42 Å². The minimum Gasteiger partial charge on any atom is -0.495 e. The van der Waals surface area contributed by atoms with Gasteiger partial charge in [0, 0.05) is 26.3 Å². The van der Waals surface area contributed by atoms with Crippen LogP contribution >= 0.6 is 11.8 Å². The van der Waals surface area contributed by atoms with Gasteiger partial charge in [-0.25, -0.2) is 12.7 Å². The van der Waals surface area contributed by atoms with Crippen molar-refractivity contribution in [3.63, 3.8) is 0 Å². The van der Waals surface area contributed by atoms with Crippen molar-refractivity contribution in [1.82, 2.24) is 4.31 Å². The number of nitrogens with one attached hydrogen (secondary N) is 1. The predicted octanol–water partition coefficient (Wildman–Crippen LogP) is 1.64. The maximum Gasteiger partial charge on any atom is 0.242 e. The van der Waals surface area contributed by atoms with Crippen molar-refractivity contribution in [1.29, 1.82) is 0 Å². The minimum absolute atomic E-state index is 0.105. The van der Waals surface area contributed by atoms with E-state index in [9.17, 15) is 13.2 Å². The Hall–Kier alpha value is -1.25. The Balaban J connectivity index is 3.10. The van der Waals surface area contributed by atoms with E-state index in [1.165, 1.54) is 39.4 Å². The van der Waals surface area contributed by atoms with Crippen LogP contribution in [0, 0.1) is 0 Å². The van der Waals surface area contributed by atoms with Crippen LogP contribution in [-0.2, 0) is 14.8 Å². The molecule has 1 aromatic rings. The van der Waals surface area contributed by atoms with Crippen molar-refractivity contribution in [3.8, 4) is 5.75 Å². The molecule has 0 aliphatic rings. The fourth-order valence-corrected chi connectivity index (χ4v) is 2.88. The number of carbonyl (C=O) groups is 1. The summed E-state index contributed by atoms with van der Waals surface area (Å²) in [4.78, 5) is 11.9. The predicted molar refractivity (Wildman–Crippen MR) is 85.5 cm³/mol. The van der Waals surface area contributed by atoms with E-state index in [-0.39, 0.29) is 10.8 Å². The smallest absolute Gasteiger partial charge is 0.242 e. The highest BCUT2D eigenvalue weighted by atomic mass is 32.2. The maximum atomic E-state index is 12.1. The van der Waals surface area contributed by atoms with Crippen molar-refractivity contribution in [2.45, 2.75) is 11.3 Å². The lowest BCUT2D eigenvalue weighted by molar-refractivity contribution is -0.115. The molecule has 0 saturated carbocycles. The average Bonchev–Trinajstić information content (AvgIpc) is 2.44. The van der Waals surface area contributed by atoms with Gasteiger partial charge in [-0.3, -0.25) is 4.79 Å². The minimum atomic E-state index is -3.55. The number of sulfonamides is 1. The molecule has 1 aromatic carbocycles. The lowest BCUT2D eigenvalue weighted by atomic mass is 10.3. The number of amides is 1. The lowest BCUT2D eigenvalue weighted by Gasteiger charge is -2.15. The summed E-state index contributed by atoms with van der Waals surface area (Å²) in [5, 5.41) is 2.69. The summed E-state index contributed by atoms with van der Waals surface area (Å²) < 4.78 is 30.5. The fourth-order valence-electron chi connectivity index (χ4n) is 1.56. The highest BCUT2D eigenvalue weighted by Gasteiger charge is 2.19. The third kappa shape index (κ3) is 4.62. The van der Waals surface area contributed by atoms with Gasteiger partial charge in [0.15, 0.2) is 0 Å². The highest BCUT2D eigenvalue weighted by molar-refractivity contribution is 7.98. The van der Waals surface area contributed by atoms with Crippen molar-refractivity contribution < 1.29 is 17.9 Å². The molecule has 0 bridgehead atoms. The molecule has 21 heavy (non-hydrogen) atoms. The molecule has 1 amide bonds. The first kappa shape index (κ1) is 17.8. The van der Waals surface area contributed by atoms with Crippen LogP contribution in [-0.4, -0.2) is 51.8 Å². The van der Waals surface area contributed by atoms with Crippen LogP contribution in [0.4, 0.5) is 5.69 Å². The summed E-state index contributed by atoms with van der Waals surface area (Å²) in [6, 6.07) is 4.39. The van der Waals surface area contributed by atoms with E-state index in [0.717, 1.165) is 4.31 Å². The summed E-state index contributed by atoms with van der Waals surface area (Å²) in [7, 11) is 0.820. The van der Waals surface area contributed by atoms with Crippen molar-refractivity contribution in [2.24, 2.45) is 0 Å². The Morgan fingerprint density at radius 1 is 1.38 bits per heavy atom. The SMILES string of the molecule is COc1ccc(S(=O)(=O)N(C)C)cc1NC(=O)CCSC. The van der Waals surface area contributed by atoms with Gasteiger partial charge in [0.05, 0.1) is 17.7 Å². The molecular weight excluding hydrogens is 312 g/mol. The summed E-state index contributed by atoms with van der Waals surface area (Å²) >= 11 is 1.57. The van der Waals surface area contributed by atoms with Crippen LogP contribution in [0.25, 0.3) is 0 Å². The second-order valence-electron chi connectivity index (χ2n) is 4.44. The number of rotatable bonds is 7. The van der Waals surface area contributed by atoms with Crippen LogP contribution in [0.15, 0.2) is 23.1 Å². The van der Waals surface area contributed by atoms with E-state index in [2.05, 4.69) is 5.32 Å². The molecule has 0 atom stereocenters. The monoisotopic (exact) mass is 332 g/mol. The topological polar surface area (TPSA) is 75.7 Å². The molecule has 1 N–H and O–H groups in total. The van der Waals surface area contributed by atoms with E-state index < -0.39 is 10.0 Å². The molecule has 0 saturated heterocycles. The third-order valence-corrected chi connectivity index (χ3v) is 5.18. The highest BCUT2D eigenvalue weighted by Crippen LogP contribution is 2.28. The van der Waals surface area contributed by atoms with Gasteiger partial charge in [-0.2, -0.15) is 11.8 Å². The summed E-state index contributed by atoms with van der Waals surface area (Å²) in [6.07, 6.45) is 2.27. The van der Waals surface area contributed by atoms with Crippen LogP contribution < -0.4 is 10.1 Å². The van der Waals surface area contributed by atoms with Gasteiger partial charge in [-0.1, -0.05) is 0 Å². The van der Waals surface area contributed by atoms with E-state index in [0.29, 0.717) is 23.6 Å². The quantitative estimate of drug-likeness (QED) is 0.821. The normalized spacial score (nSPS) is 11.5. The molecule has 8 heteroatoms. The largest absolute Gasteiger partial charge is 0.495 e. The summed E-state index contributed by atoms with van der Waals surface area (Å²) in [6.45, 7) is 0. The standard InChI is InChI=1S/C13H20N2O4S2/c1-15(2)21(17,18)10-5-6-12(19-3)11(9-10)14-13(16)7-8-20-4/h5-6,9H,7-8H2,1-4H3,(H,14,16). The lowest BCUT2D eigenvalue weighted by Crippen LogP contribution is -2.22. The van der Waals surface area contributed by atoms with Gasteiger partial charge >= 0.3 is 0 Å². The number of hydrogen-bond acceptors (Lipinski definition) is 5. The Kier molecular flexibility index (Phi) is 6.50. The number of methoxy groups -OCH3 is 1. The molecule has 6 nitrogen and oxygen atoms in total. The van der Waals surface area contributed by atoms with Crippen molar-refractivity contribution >= 4 is 33.4 Å². The van der Waals surface area contributed by atoms with E-state index >= 15 is 0 Å². The zero-order valence-corrected chi connectivity index (χ0v) is 14.2. The number of anilines is 1. The molecule has 0 unspecified atom stereocenters. The van der Waals surface area contributed by atoms with Crippen molar-refractivity contribution in [3.05, 3.63) is 18.2 Å². The van der Waals surface area contributed by atoms with Crippen LogP contribution in [0.5, 0.6) is 5.75 Å². The zero-order chi connectivity index (χ0) is 16.0. The second-order valence-corrected chi connectivity index (χ2v) is 7.58. The Bertz CT molecular complexity index is 600. The Morgan fingerprint density at radius 2 is 2.05 bits per heavy atom. The number of carbonyl (C=O) groups excluding carboxylic acids is 1. The first-order chi connectivity index (χ1) is 9.82. The van der Waals surface area contributed by atoms with Gasteiger partial charge in [-0.15, -0.1) is 0 Å². The second kappa shape index (κ2) is 7.67. The third-order valence-electron chi connectivity index (χ3n) is 2.76. The number of ether oxygens (including phenoxy) is 1. The van der Waals surface area contributed by atoms with Crippen LogP contribution in [0.2, 0.25) is 0 Å². The van der Waals surface area contributed by atoms with E-state index in [1.807, 2.05) is 6.26 Å². The van der Waals surface area contributed by atoms with Gasteiger partial charge in [-0.05, 0) is 24.5 Å². The molecule has 1 rings (SSSR count). The van der Waals surface area contributed by atoms with Crippen molar-refractivity contribution in [2.75, 3.05) is 38.5 Å². The van der Waals surface area contributed by atoms with Crippen LogP contribution in [0.3, 0.4) is 0 Å². The molecule has 0 aliphatic carbocycles. The maximum absolute atomic E-state index is 12.1. The first-order valence-electron chi connectivity index (χ1n) is 6.22. The number of thioether (sulfide) groups is 1. The van der Waals surface area contributed by atoms with E-state index in [4.69, 9.17) is 4.74 Å². The molecular formula is C13H20N2O4S2. The Labute approximate surface area is 129 Å². The molecule has 0 heterocycles. The molecule has 0 fully saturated rings. The number of benzene rings is 1. The van der Waals surface area contributed by atoms with Gasteiger partial charge in [0.1, 0.15) is 5.75 Å². The average molecular weight is 332 g/mol. The van der Waals surface area contributed by atoms with Gasteiger partial charge in [0.2, 0.25) is 15.9 Å². The summed E-state index contributed by atoms with van der Waals surface area (Å²) in [5.74, 6) is 0.941. The molecule has 0 aromatic heterocycles. The molecule has 118 valence electrons. The number of nitrogens with zero attached hydrogens (tertiary/aromatic N) is 1. The molecule has 0 aliphatic heterocycles. The first-order valence-corrected chi connectivity index (χ1v) is 9.05. The fraction of sp³-hybridized carbons (Fsp3) is 0.462. The Morgan fingerprint density at radius 3 is 2.57 bits per heavy atom.